The lowest BCUT2D eigenvalue weighted by Crippen LogP contribution is -2.32. The van der Waals surface area contributed by atoms with E-state index in [1.54, 1.807) is 0 Å². The molecule has 0 aliphatic carbocycles. The molecule has 18 heavy (non-hydrogen) atoms. The molecule has 0 aromatic carbocycles. The summed E-state index contributed by atoms with van der Waals surface area (Å²) >= 11 is 0. The molecule has 1 fully saturated rings. The summed E-state index contributed by atoms with van der Waals surface area (Å²) in [7, 11) is 0. The summed E-state index contributed by atoms with van der Waals surface area (Å²) in [4.78, 5) is 22.4. The van der Waals surface area contributed by atoms with Crippen LogP contribution in [0, 0.1) is 0 Å². The molecule has 6 nitrogen and oxygen atoms in total. The number of hydrogen-bond acceptors (Lipinski definition) is 4. The maximum atomic E-state index is 11.8. The highest BCUT2D eigenvalue weighted by Gasteiger charge is 2.20. The summed E-state index contributed by atoms with van der Waals surface area (Å²) in [5.41, 5.74) is 0.274. The lowest BCUT2D eigenvalue weighted by molar-refractivity contribution is -0.136. The molecule has 2 N–H and O–H groups in total. The zero-order valence-electron chi connectivity index (χ0n) is 9.85. The smallest absolute Gasteiger partial charge is 0.311 e. The summed E-state index contributed by atoms with van der Waals surface area (Å²) < 4.78 is 10.4. The molecule has 1 amide bonds. The highest BCUT2D eigenvalue weighted by Crippen LogP contribution is 2.13. The minimum atomic E-state index is -1.03. The monoisotopic (exact) mass is 253 g/mol. The van der Waals surface area contributed by atoms with Gasteiger partial charge in [0.1, 0.15) is 12.2 Å². The molecule has 0 spiro atoms. The number of hydrogen-bond donors (Lipinski definition) is 2. The molecule has 1 aromatic heterocycles. The van der Waals surface area contributed by atoms with Gasteiger partial charge in [-0.05, 0) is 18.9 Å². The number of rotatable bonds is 5. The van der Waals surface area contributed by atoms with Gasteiger partial charge in [0.25, 0.3) is 5.91 Å². The van der Waals surface area contributed by atoms with Gasteiger partial charge in [0, 0.05) is 13.2 Å². The maximum Gasteiger partial charge on any atom is 0.311 e. The fourth-order valence-corrected chi connectivity index (χ4v) is 1.92. The van der Waals surface area contributed by atoms with Crippen molar-refractivity contribution in [2.24, 2.45) is 0 Å². The van der Waals surface area contributed by atoms with Crippen LogP contribution in [0.3, 0.4) is 0 Å². The first-order valence-corrected chi connectivity index (χ1v) is 5.85. The minimum absolute atomic E-state index is 0.0591. The highest BCUT2D eigenvalue weighted by molar-refractivity contribution is 5.96. The number of carboxylic acid groups (broad SMARTS) is 1. The van der Waals surface area contributed by atoms with Crippen LogP contribution in [0.25, 0.3) is 0 Å². The molecule has 6 heteroatoms. The van der Waals surface area contributed by atoms with E-state index >= 15 is 0 Å². The van der Waals surface area contributed by atoms with Gasteiger partial charge < -0.3 is 19.6 Å². The number of aliphatic carboxylic acids is 1. The molecule has 2 heterocycles. The van der Waals surface area contributed by atoms with Crippen molar-refractivity contribution in [3.8, 4) is 0 Å². The Hall–Kier alpha value is -1.82. The first-order chi connectivity index (χ1) is 8.66. The van der Waals surface area contributed by atoms with E-state index in [4.69, 9.17) is 14.3 Å². The fraction of sp³-hybridized carbons (Fsp3) is 0.500. The van der Waals surface area contributed by atoms with Crippen LogP contribution in [0.4, 0.5) is 0 Å². The van der Waals surface area contributed by atoms with Crippen molar-refractivity contribution < 1.29 is 23.8 Å². The van der Waals surface area contributed by atoms with Gasteiger partial charge in [-0.15, -0.1) is 0 Å². The molecule has 0 radical (unpaired) electrons. The third kappa shape index (κ3) is 3.10. The summed E-state index contributed by atoms with van der Waals surface area (Å²) in [5.74, 6) is -1.18. The van der Waals surface area contributed by atoms with E-state index < -0.39 is 5.97 Å². The molecule has 1 saturated heterocycles. The summed E-state index contributed by atoms with van der Waals surface area (Å²) in [6.07, 6.45) is 3.03. The standard InChI is InChI=1S/C12H15NO5/c14-11(15)6-10-9(3-5-18-10)12(16)13-7-8-2-1-4-17-8/h3,5,8H,1-2,4,6-7H2,(H,13,16)(H,14,15). The third-order valence-electron chi connectivity index (χ3n) is 2.82. The van der Waals surface area contributed by atoms with Crippen molar-refractivity contribution in [2.45, 2.75) is 25.4 Å². The number of amides is 1. The molecule has 98 valence electrons. The van der Waals surface area contributed by atoms with Crippen LogP contribution >= 0.6 is 0 Å². The van der Waals surface area contributed by atoms with E-state index in [-0.39, 0.29) is 29.8 Å². The molecule has 2 rings (SSSR count). The third-order valence-corrected chi connectivity index (χ3v) is 2.82. The predicted octanol–water partition coefficient (Wildman–Crippen LogP) is 0.815. The highest BCUT2D eigenvalue weighted by atomic mass is 16.5. The first-order valence-electron chi connectivity index (χ1n) is 5.85. The lowest BCUT2D eigenvalue weighted by atomic mass is 10.2. The Labute approximate surface area is 104 Å². The van der Waals surface area contributed by atoms with E-state index in [9.17, 15) is 9.59 Å². The van der Waals surface area contributed by atoms with Gasteiger partial charge in [-0.25, -0.2) is 0 Å². The van der Waals surface area contributed by atoms with E-state index in [2.05, 4.69) is 5.32 Å². The van der Waals surface area contributed by atoms with Crippen LogP contribution in [-0.4, -0.2) is 36.2 Å². The van der Waals surface area contributed by atoms with E-state index in [1.165, 1.54) is 12.3 Å². The number of ether oxygens (including phenoxy) is 1. The van der Waals surface area contributed by atoms with Gasteiger partial charge in [0.15, 0.2) is 0 Å². The van der Waals surface area contributed by atoms with Crippen molar-refractivity contribution in [3.05, 3.63) is 23.7 Å². The minimum Gasteiger partial charge on any atom is -0.481 e. The van der Waals surface area contributed by atoms with Gasteiger partial charge in [0.05, 0.1) is 17.9 Å². The van der Waals surface area contributed by atoms with Crippen molar-refractivity contribution in [1.29, 1.82) is 0 Å². The van der Waals surface area contributed by atoms with Crippen LogP contribution in [0.5, 0.6) is 0 Å². The number of nitrogens with one attached hydrogen (secondary N) is 1. The SMILES string of the molecule is O=C(O)Cc1occc1C(=O)NCC1CCCO1. The Bertz CT molecular complexity index is 433. The topological polar surface area (TPSA) is 88.8 Å². The Kier molecular flexibility index (Phi) is 3.99. The number of carboxylic acids is 1. The van der Waals surface area contributed by atoms with Crippen molar-refractivity contribution in [3.63, 3.8) is 0 Å². The van der Waals surface area contributed by atoms with Crippen LogP contribution in [0.1, 0.15) is 29.0 Å². The molecule has 1 aromatic rings. The molecule has 1 aliphatic rings. The van der Waals surface area contributed by atoms with Crippen molar-refractivity contribution in [1.82, 2.24) is 5.32 Å². The molecular weight excluding hydrogens is 238 g/mol. The predicted molar refractivity (Wildman–Crippen MR) is 61.4 cm³/mol. The summed E-state index contributed by atoms with van der Waals surface area (Å²) in [5, 5.41) is 11.4. The molecular formula is C12H15NO5. The molecule has 0 bridgehead atoms. The lowest BCUT2D eigenvalue weighted by Gasteiger charge is -2.10. The normalized spacial score (nSPS) is 18.8. The Morgan fingerprint density at radius 1 is 1.50 bits per heavy atom. The van der Waals surface area contributed by atoms with Crippen LogP contribution in [0.2, 0.25) is 0 Å². The van der Waals surface area contributed by atoms with Crippen molar-refractivity contribution >= 4 is 11.9 Å². The Morgan fingerprint density at radius 2 is 2.33 bits per heavy atom. The Morgan fingerprint density at radius 3 is 3.00 bits per heavy atom. The van der Waals surface area contributed by atoms with Gasteiger partial charge in [0.2, 0.25) is 0 Å². The average Bonchev–Trinajstić information content (AvgIpc) is 2.95. The summed E-state index contributed by atoms with van der Waals surface area (Å²) in [6.45, 7) is 1.17. The van der Waals surface area contributed by atoms with Crippen molar-refractivity contribution in [2.75, 3.05) is 13.2 Å². The van der Waals surface area contributed by atoms with E-state index in [1.807, 2.05) is 0 Å². The van der Waals surface area contributed by atoms with Gasteiger partial charge in [-0.1, -0.05) is 0 Å². The molecule has 1 unspecified atom stereocenters. The van der Waals surface area contributed by atoms with Gasteiger partial charge in [-0.2, -0.15) is 0 Å². The van der Waals surface area contributed by atoms with Crippen LogP contribution < -0.4 is 5.32 Å². The summed E-state index contributed by atoms with van der Waals surface area (Å²) in [6, 6.07) is 1.48. The number of carbonyl (C=O) groups excluding carboxylic acids is 1. The Balaban J connectivity index is 1.91. The quantitative estimate of drug-likeness (QED) is 0.810. The van der Waals surface area contributed by atoms with E-state index in [0.717, 1.165) is 19.4 Å². The average molecular weight is 253 g/mol. The van der Waals surface area contributed by atoms with Gasteiger partial charge in [-0.3, -0.25) is 9.59 Å². The molecule has 1 atom stereocenters. The largest absolute Gasteiger partial charge is 0.481 e. The zero-order chi connectivity index (χ0) is 13.0. The number of furan rings is 1. The fourth-order valence-electron chi connectivity index (χ4n) is 1.92. The van der Waals surface area contributed by atoms with E-state index in [0.29, 0.717) is 6.54 Å². The second-order valence-electron chi connectivity index (χ2n) is 4.17. The zero-order valence-corrected chi connectivity index (χ0v) is 9.85. The van der Waals surface area contributed by atoms with Crippen LogP contribution in [-0.2, 0) is 16.0 Å². The van der Waals surface area contributed by atoms with Crippen LogP contribution in [0.15, 0.2) is 16.7 Å². The first kappa shape index (κ1) is 12.6. The molecule has 1 aliphatic heterocycles. The second-order valence-corrected chi connectivity index (χ2v) is 4.17. The second kappa shape index (κ2) is 5.68. The van der Waals surface area contributed by atoms with Gasteiger partial charge >= 0.3 is 5.97 Å². The maximum absolute atomic E-state index is 11.8. The number of carbonyl (C=O) groups is 2. The molecule has 0 saturated carbocycles.